The number of likely N-dealkylation sites (tertiary alicyclic amines) is 1. The van der Waals surface area contributed by atoms with Crippen molar-refractivity contribution < 1.29 is 19.1 Å². The number of aryl methyl sites for hydroxylation is 1. The smallest absolute Gasteiger partial charge is 0.410 e. The third-order valence-electron chi connectivity index (χ3n) is 7.44. The molecule has 9 heteroatoms. The number of ether oxygens (including phenoxy) is 1. The Morgan fingerprint density at radius 2 is 1.49 bits per heavy atom. The highest BCUT2D eigenvalue weighted by Crippen LogP contribution is 2.33. The van der Waals surface area contributed by atoms with Crippen molar-refractivity contribution in [1.29, 1.82) is 0 Å². The number of hydrogen-bond acceptors (Lipinski definition) is 7. The Hall–Kier alpha value is -4.14. The largest absolute Gasteiger partial charge is 0.444 e. The zero-order chi connectivity index (χ0) is 29.0. The summed E-state index contributed by atoms with van der Waals surface area (Å²) < 4.78 is 5.51. The highest BCUT2D eigenvalue weighted by atomic mass is 16.6. The minimum absolute atomic E-state index is 0.0649. The highest BCUT2D eigenvalue weighted by Gasteiger charge is 2.40. The van der Waals surface area contributed by atoms with Crippen LogP contribution in [0.5, 0.6) is 0 Å². The maximum absolute atomic E-state index is 13.6. The van der Waals surface area contributed by atoms with Crippen molar-refractivity contribution in [2.24, 2.45) is 0 Å². The quantitative estimate of drug-likeness (QED) is 0.345. The summed E-state index contributed by atoms with van der Waals surface area (Å²) >= 11 is 0. The van der Waals surface area contributed by atoms with E-state index in [0.29, 0.717) is 55.7 Å². The number of piperidine rings is 1. The fraction of sp³-hybridized carbons (Fsp3) is 0.438. The van der Waals surface area contributed by atoms with E-state index in [2.05, 4.69) is 15.0 Å². The molecule has 0 unspecified atom stereocenters. The number of benzene rings is 1. The molecule has 1 saturated heterocycles. The molecule has 1 aliphatic carbocycles. The van der Waals surface area contributed by atoms with E-state index in [4.69, 9.17) is 4.74 Å². The third kappa shape index (κ3) is 7.34. The summed E-state index contributed by atoms with van der Waals surface area (Å²) in [6.07, 6.45) is 10.8. The molecule has 0 atom stereocenters. The number of rotatable bonds is 8. The average molecular weight is 556 g/mol. The second kappa shape index (κ2) is 12.2. The van der Waals surface area contributed by atoms with Crippen LogP contribution in [-0.4, -0.2) is 73.3 Å². The first kappa shape index (κ1) is 28.4. The number of hydrogen-bond donors (Lipinski definition) is 0. The first-order valence-corrected chi connectivity index (χ1v) is 14.3. The van der Waals surface area contributed by atoms with Gasteiger partial charge < -0.3 is 14.5 Å². The lowest BCUT2D eigenvalue weighted by atomic mass is 10.0. The monoisotopic (exact) mass is 555 g/mol. The lowest BCUT2D eigenvalue weighted by Crippen LogP contribution is -2.50. The number of aromatic nitrogens is 3. The standard InChI is InChI=1S/C32H37N5O4/c1-32(2,3)41-31(40)36-18-14-27(15-19-36)37(26-9-10-26)30(39)25-20-34-29(35-21-25)24-7-5-23(6-8-24)28(38)11-4-22-12-16-33-17-13-22/h5-8,12-13,16-17,20-21,26-27H,4,9-11,14-15,18-19H2,1-3H3. The summed E-state index contributed by atoms with van der Waals surface area (Å²) in [7, 11) is 0. The summed E-state index contributed by atoms with van der Waals surface area (Å²) in [4.78, 5) is 55.3. The van der Waals surface area contributed by atoms with E-state index in [9.17, 15) is 14.4 Å². The summed E-state index contributed by atoms with van der Waals surface area (Å²) in [6.45, 7) is 6.71. The molecule has 1 saturated carbocycles. The lowest BCUT2D eigenvalue weighted by molar-refractivity contribution is 0.0142. The van der Waals surface area contributed by atoms with Crippen LogP contribution in [0.1, 0.15) is 79.2 Å². The van der Waals surface area contributed by atoms with Gasteiger partial charge in [-0.3, -0.25) is 14.6 Å². The molecule has 2 amide bonds. The number of pyridine rings is 1. The zero-order valence-corrected chi connectivity index (χ0v) is 24.0. The molecule has 0 bridgehead atoms. The Morgan fingerprint density at radius 1 is 0.878 bits per heavy atom. The average Bonchev–Trinajstić information content (AvgIpc) is 3.81. The Labute approximate surface area is 241 Å². The van der Waals surface area contributed by atoms with Crippen molar-refractivity contribution in [2.75, 3.05) is 13.1 Å². The zero-order valence-electron chi connectivity index (χ0n) is 24.0. The molecule has 1 aliphatic heterocycles. The van der Waals surface area contributed by atoms with Crippen LogP contribution in [-0.2, 0) is 11.2 Å². The maximum atomic E-state index is 13.6. The molecule has 5 rings (SSSR count). The molecule has 9 nitrogen and oxygen atoms in total. The van der Waals surface area contributed by atoms with E-state index >= 15 is 0 Å². The van der Waals surface area contributed by atoms with Crippen LogP contribution in [0.4, 0.5) is 4.79 Å². The normalized spacial score (nSPS) is 15.8. The Balaban J connectivity index is 1.18. The van der Waals surface area contributed by atoms with Gasteiger partial charge in [-0.2, -0.15) is 0 Å². The van der Waals surface area contributed by atoms with E-state index in [-0.39, 0.29) is 29.9 Å². The lowest BCUT2D eigenvalue weighted by Gasteiger charge is -2.39. The predicted molar refractivity (Wildman–Crippen MR) is 154 cm³/mol. The van der Waals surface area contributed by atoms with Crippen molar-refractivity contribution in [3.8, 4) is 11.4 Å². The van der Waals surface area contributed by atoms with Crippen LogP contribution < -0.4 is 0 Å². The molecule has 0 radical (unpaired) electrons. The molecule has 0 spiro atoms. The Kier molecular flexibility index (Phi) is 8.42. The van der Waals surface area contributed by atoms with Crippen molar-refractivity contribution in [3.05, 3.63) is 77.9 Å². The van der Waals surface area contributed by atoms with Gasteiger partial charge in [-0.15, -0.1) is 0 Å². The van der Waals surface area contributed by atoms with Gasteiger partial charge in [-0.1, -0.05) is 24.3 Å². The number of nitrogens with zero attached hydrogens (tertiary/aromatic N) is 5. The van der Waals surface area contributed by atoms with Crippen molar-refractivity contribution >= 4 is 17.8 Å². The van der Waals surface area contributed by atoms with Gasteiger partial charge in [0.15, 0.2) is 11.6 Å². The fourth-order valence-electron chi connectivity index (χ4n) is 5.13. The minimum atomic E-state index is -0.531. The Bertz CT molecular complexity index is 1360. The number of carbonyl (C=O) groups excluding carboxylic acids is 3. The SMILES string of the molecule is CC(C)(C)OC(=O)N1CCC(N(C(=O)c2cnc(-c3ccc(C(=O)CCc4ccncc4)cc3)nc2)C2CC2)CC1. The molecule has 2 aromatic heterocycles. The van der Waals surface area contributed by atoms with Gasteiger partial charge in [0.25, 0.3) is 5.91 Å². The van der Waals surface area contributed by atoms with Crippen molar-refractivity contribution in [2.45, 2.75) is 77.0 Å². The maximum Gasteiger partial charge on any atom is 0.410 e. The summed E-state index contributed by atoms with van der Waals surface area (Å²) in [5, 5.41) is 0. The molecule has 3 heterocycles. The topological polar surface area (TPSA) is 106 Å². The molecule has 0 N–H and O–H groups in total. The molecule has 214 valence electrons. The Morgan fingerprint density at radius 3 is 2.07 bits per heavy atom. The minimum Gasteiger partial charge on any atom is -0.444 e. The molecule has 1 aromatic carbocycles. The molecule has 2 fully saturated rings. The van der Waals surface area contributed by atoms with Crippen molar-refractivity contribution in [3.63, 3.8) is 0 Å². The predicted octanol–water partition coefficient (Wildman–Crippen LogP) is 5.36. The number of ketones is 1. The van der Waals surface area contributed by atoms with Gasteiger partial charge >= 0.3 is 6.09 Å². The van der Waals surface area contributed by atoms with Crippen LogP contribution in [0.3, 0.4) is 0 Å². The molecule has 41 heavy (non-hydrogen) atoms. The summed E-state index contributed by atoms with van der Waals surface area (Å²) in [5.41, 5.74) is 2.43. The van der Waals surface area contributed by atoms with Crippen LogP contribution in [0.2, 0.25) is 0 Å². The fourth-order valence-corrected chi connectivity index (χ4v) is 5.13. The van der Waals surface area contributed by atoms with Gasteiger partial charge in [0, 0.05) is 67.5 Å². The van der Waals surface area contributed by atoms with Gasteiger partial charge in [0.05, 0.1) is 5.56 Å². The van der Waals surface area contributed by atoms with E-state index in [1.807, 2.05) is 49.9 Å². The van der Waals surface area contributed by atoms with Crippen molar-refractivity contribution in [1.82, 2.24) is 24.8 Å². The van der Waals surface area contributed by atoms with E-state index < -0.39 is 5.60 Å². The third-order valence-corrected chi connectivity index (χ3v) is 7.44. The molecule has 2 aliphatic rings. The number of amides is 2. The van der Waals surface area contributed by atoms with E-state index in [0.717, 1.165) is 24.0 Å². The first-order valence-electron chi connectivity index (χ1n) is 14.3. The second-order valence-electron chi connectivity index (χ2n) is 11.8. The van der Waals surface area contributed by atoms with Gasteiger partial charge in [-0.25, -0.2) is 14.8 Å². The van der Waals surface area contributed by atoms with E-state index in [1.165, 1.54) is 0 Å². The summed E-state index contributed by atoms with van der Waals surface area (Å²) in [6, 6.07) is 11.4. The van der Waals surface area contributed by atoms with Gasteiger partial charge in [0.1, 0.15) is 5.60 Å². The molecule has 3 aromatic rings. The van der Waals surface area contributed by atoms with Gasteiger partial charge in [-0.05, 0) is 70.6 Å². The molecular weight excluding hydrogens is 518 g/mol. The van der Waals surface area contributed by atoms with Gasteiger partial charge in [0.2, 0.25) is 0 Å². The van der Waals surface area contributed by atoms with E-state index in [1.54, 1.807) is 41.8 Å². The molecular formula is C32H37N5O4. The van der Waals surface area contributed by atoms with Crippen LogP contribution in [0.15, 0.2) is 61.2 Å². The second-order valence-corrected chi connectivity index (χ2v) is 11.8. The summed E-state index contributed by atoms with van der Waals surface area (Å²) in [5.74, 6) is 0.512. The number of carbonyl (C=O) groups is 3. The van der Waals surface area contributed by atoms with Crippen LogP contribution in [0.25, 0.3) is 11.4 Å². The highest BCUT2D eigenvalue weighted by molar-refractivity contribution is 5.96. The van der Waals surface area contributed by atoms with Crippen LogP contribution in [0, 0.1) is 0 Å². The number of Topliss-reactive ketones (excluding diaryl/α,β-unsaturated/α-hetero) is 1. The first-order chi connectivity index (χ1) is 19.7. The van der Waals surface area contributed by atoms with Crippen LogP contribution >= 0.6 is 0 Å².